The number of hydrogen-bond donors (Lipinski definition) is 2. The Labute approximate surface area is 192 Å². The Hall–Kier alpha value is -2.91. The molecule has 1 atom stereocenters. The molecule has 0 saturated carbocycles. The molecular formula is C24H26F2N4O2S. The summed E-state index contributed by atoms with van der Waals surface area (Å²) in [5.41, 5.74) is 1.55. The topological polar surface area (TPSA) is 82.9 Å². The number of nitrogens with one attached hydrogen (secondary N) is 2. The first-order valence-corrected chi connectivity index (χ1v) is 12.4. The maximum atomic E-state index is 12.8. The molecule has 0 bridgehead atoms. The molecule has 2 aromatic rings. The molecule has 33 heavy (non-hydrogen) atoms. The molecule has 4 rings (SSSR count). The molecule has 2 heterocycles. The van der Waals surface area contributed by atoms with Crippen LogP contribution >= 0.6 is 0 Å². The Morgan fingerprint density at radius 2 is 1.73 bits per heavy atom. The molecule has 0 spiro atoms. The van der Waals surface area contributed by atoms with Gasteiger partial charge in [0, 0.05) is 23.4 Å². The summed E-state index contributed by atoms with van der Waals surface area (Å²) in [4.78, 5) is 9.11. The number of guanidine groups is 1. The number of anilines is 1. The van der Waals surface area contributed by atoms with Crippen molar-refractivity contribution < 1.29 is 17.2 Å². The Balaban J connectivity index is 1.32. The summed E-state index contributed by atoms with van der Waals surface area (Å²) >= 11 is 0. The molecule has 174 valence electrons. The highest BCUT2D eigenvalue weighted by atomic mass is 32.2. The molecule has 1 unspecified atom stereocenters. The maximum absolute atomic E-state index is 12.8. The molecule has 9 heteroatoms. The third-order valence-corrected chi connectivity index (χ3v) is 8.01. The van der Waals surface area contributed by atoms with Gasteiger partial charge in [0.25, 0.3) is 6.43 Å². The maximum Gasteiger partial charge on any atom is 0.263 e. The second kappa shape index (κ2) is 10.4. The Bertz CT molecular complexity index is 1140. The minimum atomic E-state index is -3.33. The van der Waals surface area contributed by atoms with Crippen molar-refractivity contribution in [1.82, 2.24) is 5.32 Å². The van der Waals surface area contributed by atoms with Crippen molar-refractivity contribution in [2.75, 3.05) is 25.0 Å². The third-order valence-electron chi connectivity index (χ3n) is 5.73. The number of sulfone groups is 1. The minimum Gasteiger partial charge on any atom is -0.324 e. The van der Waals surface area contributed by atoms with E-state index in [4.69, 9.17) is 0 Å². The molecule has 0 amide bonds. The fraction of sp³-hybridized carbons (Fsp3) is 0.333. The van der Waals surface area contributed by atoms with E-state index < -0.39 is 16.3 Å². The van der Waals surface area contributed by atoms with E-state index in [9.17, 15) is 17.2 Å². The zero-order valence-electron chi connectivity index (χ0n) is 18.0. The smallest absolute Gasteiger partial charge is 0.263 e. The van der Waals surface area contributed by atoms with Crippen LogP contribution in [-0.4, -0.2) is 45.5 Å². The van der Waals surface area contributed by atoms with Crippen LogP contribution in [-0.2, 0) is 9.84 Å². The van der Waals surface area contributed by atoms with Crippen molar-refractivity contribution >= 4 is 33.8 Å². The number of piperidine rings is 1. The van der Waals surface area contributed by atoms with Crippen LogP contribution in [0.1, 0.15) is 30.4 Å². The molecule has 1 saturated heterocycles. The number of nitrogens with zero attached hydrogens (tertiary/aromatic N) is 2. The Kier molecular flexibility index (Phi) is 7.29. The van der Waals surface area contributed by atoms with Crippen LogP contribution in [0.3, 0.4) is 0 Å². The second-order valence-electron chi connectivity index (χ2n) is 8.08. The summed E-state index contributed by atoms with van der Waals surface area (Å²) in [6.07, 6.45) is 4.36. The zero-order valence-corrected chi connectivity index (χ0v) is 18.8. The molecule has 0 aromatic heterocycles. The first kappa shape index (κ1) is 23.3. The predicted octanol–water partition coefficient (Wildman–Crippen LogP) is 4.33. The third kappa shape index (κ3) is 5.91. The molecule has 2 N–H and O–H groups in total. The number of rotatable bonds is 6. The molecular weight excluding hydrogens is 446 g/mol. The molecule has 0 radical (unpaired) electrons. The van der Waals surface area contributed by atoms with E-state index in [1.807, 2.05) is 12.2 Å². The number of hydrogen-bond acceptors (Lipinski definition) is 6. The van der Waals surface area contributed by atoms with E-state index in [1.54, 1.807) is 42.6 Å². The fourth-order valence-electron chi connectivity index (χ4n) is 3.77. The minimum absolute atomic E-state index is 0.00262. The first-order chi connectivity index (χ1) is 15.9. The van der Waals surface area contributed by atoms with Crippen molar-refractivity contribution in [3.8, 4) is 0 Å². The first-order valence-electron chi connectivity index (χ1n) is 10.9. The highest BCUT2D eigenvalue weighted by Crippen LogP contribution is 2.24. The molecule has 1 fully saturated rings. The highest BCUT2D eigenvalue weighted by molar-refractivity contribution is 7.92. The summed E-state index contributed by atoms with van der Waals surface area (Å²) in [6.45, 7) is 1.95. The van der Waals surface area contributed by atoms with Crippen LogP contribution in [0.15, 0.2) is 69.5 Å². The lowest BCUT2D eigenvalue weighted by Gasteiger charge is -2.22. The summed E-state index contributed by atoms with van der Waals surface area (Å²) in [5, 5.41) is 5.95. The van der Waals surface area contributed by atoms with E-state index in [2.05, 4.69) is 20.6 Å². The Morgan fingerprint density at radius 1 is 1.03 bits per heavy atom. The van der Waals surface area contributed by atoms with Gasteiger partial charge in [0.05, 0.1) is 16.7 Å². The van der Waals surface area contributed by atoms with Gasteiger partial charge < -0.3 is 10.6 Å². The summed E-state index contributed by atoms with van der Waals surface area (Å²) in [5.74, 6) is 0.456. The normalized spacial score (nSPS) is 19.7. The highest BCUT2D eigenvalue weighted by Gasteiger charge is 2.28. The van der Waals surface area contributed by atoms with Gasteiger partial charge in [-0.05, 0) is 55.8 Å². The van der Waals surface area contributed by atoms with Crippen LogP contribution in [0.4, 0.5) is 14.5 Å². The van der Waals surface area contributed by atoms with Gasteiger partial charge in [-0.25, -0.2) is 22.2 Å². The zero-order chi connectivity index (χ0) is 23.3. The van der Waals surface area contributed by atoms with Crippen LogP contribution in [0, 0.1) is 5.92 Å². The summed E-state index contributed by atoms with van der Waals surface area (Å²) < 4.78 is 50.9. The molecule has 6 nitrogen and oxygen atoms in total. The molecule has 2 aliphatic heterocycles. The lowest BCUT2D eigenvalue weighted by molar-refractivity contribution is 0.151. The predicted molar refractivity (Wildman–Crippen MR) is 128 cm³/mol. The van der Waals surface area contributed by atoms with E-state index in [-0.39, 0.29) is 16.7 Å². The summed E-state index contributed by atoms with van der Waals surface area (Å²) in [7, 11) is -3.33. The Morgan fingerprint density at radius 3 is 2.33 bits per heavy atom. The standard InChI is InChI=1S/C24H26F2N4O2S/c25-23(26)19-5-3-17(4-6-19)1-2-18-15-28-24(29-16-18)30-20-7-9-21(10-8-20)33(31,32)22-11-13-27-14-12-22/h1-10,15,18,22-23,27H,11-14,16H2,(H,29,30)/b2-1+. The van der Waals surface area contributed by atoms with Crippen LogP contribution < -0.4 is 10.6 Å². The van der Waals surface area contributed by atoms with E-state index in [0.717, 1.165) is 18.7 Å². The quantitative estimate of drug-likeness (QED) is 0.656. The van der Waals surface area contributed by atoms with Crippen molar-refractivity contribution in [2.24, 2.45) is 15.9 Å². The van der Waals surface area contributed by atoms with Crippen LogP contribution in [0.5, 0.6) is 0 Å². The van der Waals surface area contributed by atoms with E-state index in [1.165, 1.54) is 12.1 Å². The lowest BCUT2D eigenvalue weighted by atomic mass is 10.1. The van der Waals surface area contributed by atoms with Crippen molar-refractivity contribution in [3.63, 3.8) is 0 Å². The van der Waals surface area contributed by atoms with Gasteiger partial charge in [0.2, 0.25) is 5.96 Å². The fourth-order valence-corrected chi connectivity index (χ4v) is 5.53. The van der Waals surface area contributed by atoms with Gasteiger partial charge in [-0.2, -0.15) is 0 Å². The van der Waals surface area contributed by atoms with Gasteiger partial charge in [-0.3, -0.25) is 4.99 Å². The summed E-state index contributed by atoms with van der Waals surface area (Å²) in [6, 6.07) is 12.8. The molecule has 2 aliphatic rings. The van der Waals surface area contributed by atoms with Gasteiger partial charge in [0.15, 0.2) is 9.84 Å². The van der Waals surface area contributed by atoms with Crippen LogP contribution in [0.25, 0.3) is 6.08 Å². The van der Waals surface area contributed by atoms with E-state index >= 15 is 0 Å². The monoisotopic (exact) mass is 472 g/mol. The number of halogens is 2. The number of benzene rings is 2. The van der Waals surface area contributed by atoms with E-state index in [0.29, 0.717) is 35.9 Å². The second-order valence-corrected chi connectivity index (χ2v) is 10.3. The average Bonchev–Trinajstić information content (AvgIpc) is 2.85. The van der Waals surface area contributed by atoms with Gasteiger partial charge in [-0.1, -0.05) is 36.4 Å². The largest absolute Gasteiger partial charge is 0.324 e. The molecule has 0 aliphatic carbocycles. The lowest BCUT2D eigenvalue weighted by Crippen LogP contribution is -2.35. The number of alkyl halides is 2. The van der Waals surface area contributed by atoms with Gasteiger partial charge in [0.1, 0.15) is 0 Å². The number of aliphatic imine (C=N–C) groups is 2. The average molecular weight is 473 g/mol. The SMILES string of the molecule is O=S(=O)(c1ccc(NC2=NCC(/C=C/c3ccc(C(F)F)cc3)C=N2)cc1)C1CCNCC1. The van der Waals surface area contributed by atoms with Crippen molar-refractivity contribution in [1.29, 1.82) is 0 Å². The van der Waals surface area contributed by atoms with Gasteiger partial charge in [-0.15, -0.1) is 0 Å². The van der Waals surface area contributed by atoms with Crippen LogP contribution in [0.2, 0.25) is 0 Å². The van der Waals surface area contributed by atoms with Gasteiger partial charge >= 0.3 is 0 Å². The van der Waals surface area contributed by atoms with Crippen molar-refractivity contribution in [2.45, 2.75) is 29.4 Å². The van der Waals surface area contributed by atoms with Crippen molar-refractivity contribution in [3.05, 3.63) is 65.7 Å². The molecule has 2 aromatic carbocycles.